The summed E-state index contributed by atoms with van der Waals surface area (Å²) in [5.74, 6) is 1.58. The Morgan fingerprint density at radius 1 is 1.26 bits per heavy atom. The van der Waals surface area contributed by atoms with Gasteiger partial charge in [-0.05, 0) is 18.4 Å². The molecule has 19 heavy (non-hydrogen) atoms. The number of nitrogens with zero attached hydrogens (tertiary/aromatic N) is 3. The van der Waals surface area contributed by atoms with Crippen molar-refractivity contribution in [1.82, 2.24) is 20.1 Å². The van der Waals surface area contributed by atoms with Gasteiger partial charge < -0.3 is 5.32 Å². The minimum absolute atomic E-state index is 0.581. The quantitative estimate of drug-likeness (QED) is 0.866. The summed E-state index contributed by atoms with van der Waals surface area (Å²) < 4.78 is 1.98. The Bertz CT molecular complexity index is 516. The van der Waals surface area contributed by atoms with Crippen molar-refractivity contribution in [1.29, 1.82) is 0 Å². The van der Waals surface area contributed by atoms with Crippen LogP contribution < -0.4 is 5.32 Å². The molecule has 0 atom stereocenters. The molecule has 0 radical (unpaired) electrons. The van der Waals surface area contributed by atoms with Gasteiger partial charge in [-0.1, -0.05) is 43.7 Å². The summed E-state index contributed by atoms with van der Waals surface area (Å²) in [5.41, 5.74) is 2.59. The van der Waals surface area contributed by atoms with Gasteiger partial charge in [-0.25, -0.2) is 9.67 Å². The Morgan fingerprint density at radius 2 is 2.11 bits per heavy atom. The zero-order chi connectivity index (χ0) is 13.7. The normalized spacial score (nSPS) is 11.2. The molecule has 1 heterocycles. The van der Waals surface area contributed by atoms with E-state index in [1.807, 2.05) is 4.68 Å². The van der Waals surface area contributed by atoms with E-state index in [2.05, 4.69) is 60.4 Å². The van der Waals surface area contributed by atoms with Crippen LogP contribution in [0.3, 0.4) is 0 Å². The van der Waals surface area contributed by atoms with Gasteiger partial charge in [0, 0.05) is 13.1 Å². The van der Waals surface area contributed by atoms with E-state index in [1.165, 1.54) is 11.1 Å². The average Bonchev–Trinajstić information content (AvgIpc) is 2.76. The highest BCUT2D eigenvalue weighted by Crippen LogP contribution is 2.04. The predicted octanol–water partition coefficient (Wildman–Crippen LogP) is 2.53. The molecule has 2 rings (SSSR count). The van der Waals surface area contributed by atoms with E-state index in [0.717, 1.165) is 25.5 Å². The maximum atomic E-state index is 4.31. The monoisotopic (exact) mass is 258 g/mol. The molecule has 1 N–H and O–H groups in total. The Hall–Kier alpha value is -1.68. The van der Waals surface area contributed by atoms with Gasteiger partial charge in [-0.2, -0.15) is 5.10 Å². The Labute approximate surface area is 114 Å². The van der Waals surface area contributed by atoms with Crippen molar-refractivity contribution in [2.75, 3.05) is 0 Å². The van der Waals surface area contributed by atoms with Crippen LogP contribution in [-0.4, -0.2) is 14.8 Å². The molecular weight excluding hydrogens is 236 g/mol. The van der Waals surface area contributed by atoms with Crippen LogP contribution in [0, 0.1) is 12.8 Å². The van der Waals surface area contributed by atoms with Crippen molar-refractivity contribution in [2.45, 2.75) is 40.4 Å². The lowest BCUT2D eigenvalue weighted by molar-refractivity contribution is 0.457. The van der Waals surface area contributed by atoms with Gasteiger partial charge in [0.05, 0.1) is 6.54 Å². The molecule has 0 bridgehead atoms. The number of hydrogen-bond donors (Lipinski definition) is 1. The predicted molar refractivity (Wildman–Crippen MR) is 76.6 cm³/mol. The van der Waals surface area contributed by atoms with Crippen LogP contribution in [-0.2, 0) is 19.6 Å². The highest BCUT2D eigenvalue weighted by molar-refractivity contribution is 5.21. The maximum absolute atomic E-state index is 4.31. The number of benzene rings is 1. The molecule has 1 aromatic carbocycles. The van der Waals surface area contributed by atoms with Crippen LogP contribution in [0.2, 0.25) is 0 Å². The van der Waals surface area contributed by atoms with Crippen LogP contribution in [0.4, 0.5) is 0 Å². The van der Waals surface area contributed by atoms with Crippen LogP contribution in [0.5, 0.6) is 0 Å². The molecule has 0 aliphatic heterocycles. The van der Waals surface area contributed by atoms with E-state index >= 15 is 0 Å². The number of aryl methyl sites for hydroxylation is 1. The van der Waals surface area contributed by atoms with Crippen molar-refractivity contribution in [3.63, 3.8) is 0 Å². The molecule has 0 saturated heterocycles. The zero-order valence-electron chi connectivity index (χ0n) is 11.9. The third kappa shape index (κ3) is 4.17. The van der Waals surface area contributed by atoms with E-state index in [0.29, 0.717) is 5.92 Å². The van der Waals surface area contributed by atoms with Gasteiger partial charge in [0.25, 0.3) is 0 Å². The van der Waals surface area contributed by atoms with Gasteiger partial charge in [-0.3, -0.25) is 0 Å². The molecule has 0 saturated carbocycles. The topological polar surface area (TPSA) is 42.7 Å². The lowest BCUT2D eigenvalue weighted by atomic mass is 10.1. The number of nitrogens with one attached hydrogen (secondary N) is 1. The van der Waals surface area contributed by atoms with Gasteiger partial charge >= 0.3 is 0 Å². The minimum Gasteiger partial charge on any atom is -0.306 e. The first-order valence-electron chi connectivity index (χ1n) is 6.78. The summed E-state index contributed by atoms with van der Waals surface area (Å²) in [6.07, 6.45) is 1.63. The summed E-state index contributed by atoms with van der Waals surface area (Å²) in [7, 11) is 0. The zero-order valence-corrected chi connectivity index (χ0v) is 11.9. The number of aromatic nitrogens is 3. The second kappa shape index (κ2) is 6.48. The molecule has 4 heteroatoms. The summed E-state index contributed by atoms with van der Waals surface area (Å²) in [6.45, 7) is 9.01. The van der Waals surface area contributed by atoms with Gasteiger partial charge in [0.1, 0.15) is 12.2 Å². The van der Waals surface area contributed by atoms with Crippen molar-refractivity contribution in [2.24, 2.45) is 5.92 Å². The standard InChI is InChI=1S/C15H22N4/c1-12(2)10-19-15(17-11-18-19)9-16-8-14-6-4-5-13(3)7-14/h4-7,11-12,16H,8-10H2,1-3H3. The lowest BCUT2D eigenvalue weighted by Crippen LogP contribution is -2.18. The smallest absolute Gasteiger partial charge is 0.140 e. The molecule has 0 aliphatic carbocycles. The Kier molecular flexibility index (Phi) is 4.68. The summed E-state index contributed by atoms with van der Waals surface area (Å²) in [6, 6.07) is 8.54. The summed E-state index contributed by atoms with van der Waals surface area (Å²) >= 11 is 0. The Balaban J connectivity index is 1.87. The van der Waals surface area contributed by atoms with Gasteiger partial charge in [0.15, 0.2) is 0 Å². The van der Waals surface area contributed by atoms with Gasteiger partial charge in [-0.15, -0.1) is 0 Å². The lowest BCUT2D eigenvalue weighted by Gasteiger charge is -2.09. The SMILES string of the molecule is Cc1cccc(CNCc2ncnn2CC(C)C)c1. The fourth-order valence-corrected chi connectivity index (χ4v) is 2.06. The fourth-order valence-electron chi connectivity index (χ4n) is 2.06. The summed E-state index contributed by atoms with van der Waals surface area (Å²) in [5, 5.41) is 7.68. The van der Waals surface area contributed by atoms with Crippen molar-refractivity contribution in [3.05, 3.63) is 47.5 Å². The van der Waals surface area contributed by atoms with Crippen molar-refractivity contribution in [3.8, 4) is 0 Å². The molecule has 0 spiro atoms. The first-order valence-corrected chi connectivity index (χ1v) is 6.78. The van der Waals surface area contributed by atoms with Crippen LogP contribution in [0.1, 0.15) is 30.8 Å². The highest BCUT2D eigenvalue weighted by Gasteiger charge is 2.05. The molecule has 4 nitrogen and oxygen atoms in total. The third-order valence-electron chi connectivity index (χ3n) is 2.93. The number of hydrogen-bond acceptors (Lipinski definition) is 3. The molecule has 102 valence electrons. The molecule has 2 aromatic rings. The molecule has 0 aliphatic rings. The Morgan fingerprint density at radius 3 is 2.84 bits per heavy atom. The van der Waals surface area contributed by atoms with E-state index in [1.54, 1.807) is 6.33 Å². The first-order chi connectivity index (χ1) is 9.15. The third-order valence-corrected chi connectivity index (χ3v) is 2.93. The molecule has 1 aromatic heterocycles. The van der Waals surface area contributed by atoms with E-state index in [9.17, 15) is 0 Å². The second-order valence-corrected chi connectivity index (χ2v) is 5.34. The maximum Gasteiger partial charge on any atom is 0.140 e. The molecule has 0 amide bonds. The van der Waals surface area contributed by atoms with E-state index < -0.39 is 0 Å². The van der Waals surface area contributed by atoms with Crippen LogP contribution in [0.25, 0.3) is 0 Å². The fraction of sp³-hybridized carbons (Fsp3) is 0.467. The first kappa shape index (κ1) is 13.7. The van der Waals surface area contributed by atoms with Crippen molar-refractivity contribution < 1.29 is 0 Å². The minimum atomic E-state index is 0.581. The average molecular weight is 258 g/mol. The van der Waals surface area contributed by atoms with Crippen LogP contribution in [0.15, 0.2) is 30.6 Å². The number of rotatable bonds is 6. The molecule has 0 unspecified atom stereocenters. The second-order valence-electron chi connectivity index (χ2n) is 5.34. The van der Waals surface area contributed by atoms with E-state index in [-0.39, 0.29) is 0 Å². The molecule has 0 fully saturated rings. The molecular formula is C15H22N4. The van der Waals surface area contributed by atoms with Crippen molar-refractivity contribution >= 4 is 0 Å². The highest BCUT2D eigenvalue weighted by atomic mass is 15.3. The largest absolute Gasteiger partial charge is 0.306 e. The van der Waals surface area contributed by atoms with Crippen LogP contribution >= 0.6 is 0 Å². The summed E-state index contributed by atoms with van der Waals surface area (Å²) in [4.78, 5) is 4.31. The van der Waals surface area contributed by atoms with Gasteiger partial charge in [0.2, 0.25) is 0 Å². The van der Waals surface area contributed by atoms with E-state index in [4.69, 9.17) is 0 Å².